The van der Waals surface area contributed by atoms with Gasteiger partial charge in [0, 0.05) is 13.0 Å². The third-order valence-electron chi connectivity index (χ3n) is 4.72. The number of aliphatic carboxylic acids is 1. The molecular weight excluding hydrogens is 328 g/mol. The SMILES string of the molecule is CC(C)COC(C)(C)C(O)C=C[C@H]1C=CC[C@@H]1C/C=C\CCCC(=O)O. The molecule has 1 aliphatic carbocycles. The van der Waals surface area contributed by atoms with Crippen molar-refractivity contribution in [2.75, 3.05) is 6.61 Å². The average molecular weight is 365 g/mol. The Bertz CT molecular complexity index is 502. The van der Waals surface area contributed by atoms with Gasteiger partial charge in [-0.3, -0.25) is 4.79 Å². The van der Waals surface area contributed by atoms with Crippen LogP contribution in [0, 0.1) is 17.8 Å². The number of rotatable bonds is 12. The normalized spacial score (nSPS) is 22.1. The van der Waals surface area contributed by atoms with E-state index in [1.807, 2.05) is 19.9 Å². The molecule has 0 aromatic rings. The molecule has 0 fully saturated rings. The van der Waals surface area contributed by atoms with Gasteiger partial charge >= 0.3 is 5.97 Å². The highest BCUT2D eigenvalue weighted by atomic mass is 16.5. The van der Waals surface area contributed by atoms with Crippen molar-refractivity contribution in [2.24, 2.45) is 17.8 Å². The van der Waals surface area contributed by atoms with Gasteiger partial charge in [0.25, 0.3) is 0 Å². The molecule has 4 heteroatoms. The van der Waals surface area contributed by atoms with Crippen LogP contribution < -0.4 is 0 Å². The molecular formula is C22H36O4. The van der Waals surface area contributed by atoms with Gasteiger partial charge < -0.3 is 14.9 Å². The summed E-state index contributed by atoms with van der Waals surface area (Å²) < 4.78 is 5.84. The molecule has 1 aliphatic rings. The number of unbranched alkanes of at least 4 members (excludes halogenated alkanes) is 1. The van der Waals surface area contributed by atoms with Crippen molar-refractivity contribution in [3.8, 4) is 0 Å². The van der Waals surface area contributed by atoms with Crippen molar-refractivity contribution >= 4 is 5.97 Å². The highest BCUT2D eigenvalue weighted by molar-refractivity contribution is 5.66. The molecule has 0 aromatic carbocycles. The number of hydrogen-bond acceptors (Lipinski definition) is 3. The summed E-state index contributed by atoms with van der Waals surface area (Å²) in [5.41, 5.74) is -0.595. The third-order valence-corrected chi connectivity index (χ3v) is 4.72. The van der Waals surface area contributed by atoms with Crippen LogP contribution in [-0.2, 0) is 9.53 Å². The van der Waals surface area contributed by atoms with E-state index in [-0.39, 0.29) is 6.42 Å². The maximum atomic E-state index is 10.5. The number of aliphatic hydroxyl groups excluding tert-OH is 1. The van der Waals surface area contributed by atoms with Gasteiger partial charge in [0.2, 0.25) is 0 Å². The minimum atomic E-state index is -0.734. The van der Waals surface area contributed by atoms with Crippen molar-refractivity contribution in [3.63, 3.8) is 0 Å². The van der Waals surface area contributed by atoms with E-state index in [2.05, 4.69) is 44.2 Å². The lowest BCUT2D eigenvalue weighted by atomic mass is 9.90. The molecule has 148 valence electrons. The quantitative estimate of drug-likeness (QED) is 0.387. The van der Waals surface area contributed by atoms with E-state index in [1.165, 1.54) is 0 Å². The molecule has 4 nitrogen and oxygen atoms in total. The fourth-order valence-corrected chi connectivity index (χ4v) is 2.89. The van der Waals surface area contributed by atoms with Crippen LogP contribution in [0.25, 0.3) is 0 Å². The Labute approximate surface area is 158 Å². The molecule has 1 unspecified atom stereocenters. The van der Waals surface area contributed by atoms with Crippen LogP contribution in [0.3, 0.4) is 0 Å². The van der Waals surface area contributed by atoms with Gasteiger partial charge in [0.1, 0.15) is 6.10 Å². The zero-order valence-electron chi connectivity index (χ0n) is 16.7. The van der Waals surface area contributed by atoms with Crippen molar-refractivity contribution < 1.29 is 19.7 Å². The first-order chi connectivity index (χ1) is 12.2. The first-order valence-corrected chi connectivity index (χ1v) is 9.76. The highest BCUT2D eigenvalue weighted by Gasteiger charge is 2.28. The molecule has 0 heterocycles. The Morgan fingerprint density at radius 3 is 2.73 bits per heavy atom. The van der Waals surface area contributed by atoms with Gasteiger partial charge in [0.05, 0.1) is 5.60 Å². The summed E-state index contributed by atoms with van der Waals surface area (Å²) in [5.74, 6) is 0.542. The number of carbonyl (C=O) groups is 1. The minimum Gasteiger partial charge on any atom is -0.481 e. The molecule has 0 spiro atoms. The summed E-state index contributed by atoms with van der Waals surface area (Å²) >= 11 is 0. The number of hydrogen-bond donors (Lipinski definition) is 2. The van der Waals surface area contributed by atoms with Crippen LogP contribution >= 0.6 is 0 Å². The molecule has 2 N–H and O–H groups in total. The first kappa shape index (κ1) is 22.7. The average Bonchev–Trinajstić information content (AvgIpc) is 3.01. The molecule has 26 heavy (non-hydrogen) atoms. The van der Waals surface area contributed by atoms with Crippen LogP contribution in [0.1, 0.15) is 59.8 Å². The fraction of sp³-hybridized carbons (Fsp3) is 0.682. The van der Waals surface area contributed by atoms with E-state index in [4.69, 9.17) is 9.84 Å². The molecule has 0 aliphatic heterocycles. The lowest BCUT2D eigenvalue weighted by Crippen LogP contribution is -2.38. The van der Waals surface area contributed by atoms with E-state index >= 15 is 0 Å². The molecule has 0 amide bonds. The smallest absolute Gasteiger partial charge is 0.303 e. The van der Waals surface area contributed by atoms with Crippen LogP contribution in [0.5, 0.6) is 0 Å². The van der Waals surface area contributed by atoms with Gasteiger partial charge in [-0.2, -0.15) is 0 Å². The summed E-state index contributed by atoms with van der Waals surface area (Å²) in [5, 5.41) is 19.1. The van der Waals surface area contributed by atoms with Gasteiger partial charge in [-0.1, -0.05) is 50.3 Å². The predicted octanol–water partition coefficient (Wildman–Crippen LogP) is 4.75. The van der Waals surface area contributed by atoms with Gasteiger partial charge in [-0.05, 0) is 57.3 Å². The number of carboxylic acids is 1. The van der Waals surface area contributed by atoms with Crippen LogP contribution in [0.15, 0.2) is 36.5 Å². The summed E-state index contributed by atoms with van der Waals surface area (Å²) in [6.45, 7) is 8.68. The van der Waals surface area contributed by atoms with E-state index < -0.39 is 17.7 Å². The topological polar surface area (TPSA) is 66.8 Å². The Kier molecular flexibility index (Phi) is 9.89. The first-order valence-electron chi connectivity index (χ1n) is 9.76. The molecule has 0 bridgehead atoms. The Balaban J connectivity index is 2.44. The Morgan fingerprint density at radius 1 is 1.35 bits per heavy atom. The Morgan fingerprint density at radius 2 is 2.08 bits per heavy atom. The second-order valence-corrected chi connectivity index (χ2v) is 8.13. The van der Waals surface area contributed by atoms with Gasteiger partial charge in [-0.25, -0.2) is 0 Å². The molecule has 0 saturated carbocycles. The van der Waals surface area contributed by atoms with E-state index in [9.17, 15) is 9.90 Å². The van der Waals surface area contributed by atoms with Crippen LogP contribution in [-0.4, -0.2) is 34.5 Å². The molecule has 0 saturated heterocycles. The lowest BCUT2D eigenvalue weighted by Gasteiger charge is -2.30. The maximum Gasteiger partial charge on any atom is 0.303 e. The number of allylic oxidation sites excluding steroid dienone is 5. The molecule has 3 atom stereocenters. The van der Waals surface area contributed by atoms with Crippen molar-refractivity contribution in [1.29, 1.82) is 0 Å². The van der Waals surface area contributed by atoms with Crippen molar-refractivity contribution in [2.45, 2.75) is 71.5 Å². The van der Waals surface area contributed by atoms with Crippen LogP contribution in [0.4, 0.5) is 0 Å². The lowest BCUT2D eigenvalue weighted by molar-refractivity contribution is -0.137. The maximum absolute atomic E-state index is 10.5. The number of carboxylic acid groups (broad SMARTS) is 1. The van der Waals surface area contributed by atoms with Crippen molar-refractivity contribution in [1.82, 2.24) is 0 Å². The van der Waals surface area contributed by atoms with Crippen molar-refractivity contribution in [3.05, 3.63) is 36.5 Å². The summed E-state index contributed by atoms with van der Waals surface area (Å²) in [6, 6.07) is 0. The second-order valence-electron chi connectivity index (χ2n) is 8.13. The van der Waals surface area contributed by atoms with Crippen LogP contribution in [0.2, 0.25) is 0 Å². The summed E-state index contributed by atoms with van der Waals surface area (Å²) in [7, 11) is 0. The number of aliphatic hydroxyl groups is 1. The van der Waals surface area contributed by atoms with E-state index in [0.29, 0.717) is 30.8 Å². The minimum absolute atomic E-state index is 0.229. The van der Waals surface area contributed by atoms with E-state index in [0.717, 1.165) is 19.3 Å². The highest BCUT2D eigenvalue weighted by Crippen LogP contribution is 2.30. The standard InChI is InChI=1S/C22H36O4/c1-17(2)16-26-22(3,4)20(23)15-14-19-12-9-11-18(19)10-7-5-6-8-13-21(24)25/h5,7,9,12,14-15,17-20,23H,6,8,10-11,13,16H2,1-4H3,(H,24,25)/b7-5-,15-14?/t18-,19+,20?/m0/s1. The largest absolute Gasteiger partial charge is 0.481 e. The van der Waals surface area contributed by atoms with Gasteiger partial charge in [0.15, 0.2) is 0 Å². The molecule has 0 radical (unpaired) electrons. The number of ether oxygens (including phenoxy) is 1. The summed E-state index contributed by atoms with van der Waals surface area (Å²) in [6.07, 6.45) is 15.7. The predicted molar refractivity (Wildman–Crippen MR) is 106 cm³/mol. The fourth-order valence-electron chi connectivity index (χ4n) is 2.89. The van der Waals surface area contributed by atoms with E-state index in [1.54, 1.807) is 0 Å². The second kappa shape index (κ2) is 11.3. The summed E-state index contributed by atoms with van der Waals surface area (Å²) in [4.78, 5) is 10.5. The Hall–Kier alpha value is -1.39. The third kappa shape index (κ3) is 8.81. The zero-order valence-corrected chi connectivity index (χ0v) is 16.7. The zero-order chi connectivity index (χ0) is 19.6. The molecule has 0 aromatic heterocycles. The monoisotopic (exact) mass is 364 g/mol. The van der Waals surface area contributed by atoms with Gasteiger partial charge in [-0.15, -0.1) is 0 Å². The molecule has 1 rings (SSSR count).